The van der Waals surface area contributed by atoms with Gasteiger partial charge in [0.25, 0.3) is 0 Å². The van der Waals surface area contributed by atoms with Crippen LogP contribution in [-0.2, 0) is 17.6 Å². The van der Waals surface area contributed by atoms with E-state index in [1.165, 1.54) is 5.56 Å². The molecular formula is C23H25ClO6. The number of aliphatic hydroxyl groups excluding tert-OH is 4. The summed E-state index contributed by atoms with van der Waals surface area (Å²) in [6.45, 7) is -0.457. The Bertz CT molecular complexity index is 947. The van der Waals surface area contributed by atoms with Crippen molar-refractivity contribution in [1.82, 2.24) is 0 Å². The van der Waals surface area contributed by atoms with E-state index in [1.54, 1.807) is 12.1 Å². The molecule has 0 unspecified atom stereocenters. The summed E-state index contributed by atoms with van der Waals surface area (Å²) < 4.78 is 11.6. The van der Waals surface area contributed by atoms with Crippen LogP contribution < -0.4 is 4.74 Å². The Morgan fingerprint density at radius 2 is 1.83 bits per heavy atom. The smallest absolute Gasteiger partial charge is 0.122 e. The first-order valence-electron chi connectivity index (χ1n) is 10.3. The Balaban J connectivity index is 1.39. The second kappa shape index (κ2) is 7.79. The normalized spacial score (nSPS) is 34.6. The summed E-state index contributed by atoms with van der Waals surface area (Å²) in [7, 11) is 0. The van der Waals surface area contributed by atoms with Crippen molar-refractivity contribution in [2.75, 3.05) is 6.61 Å². The lowest BCUT2D eigenvalue weighted by molar-refractivity contribution is -0.231. The zero-order valence-corrected chi connectivity index (χ0v) is 17.1. The van der Waals surface area contributed by atoms with Crippen LogP contribution in [0.15, 0.2) is 36.4 Å². The highest BCUT2D eigenvalue weighted by atomic mass is 35.5. The monoisotopic (exact) mass is 432 g/mol. The summed E-state index contributed by atoms with van der Waals surface area (Å²) in [5.41, 5.74) is 3.84. The SMILES string of the molecule is OC[C@H]1O[C@@H](c2ccc(Cl)c(Cc3ccc4c(c3)C[C@@H]3C[C@@H]3O4)c2)[C@H](O)[C@@H](O)[C@@H]1O. The summed E-state index contributed by atoms with van der Waals surface area (Å²) >= 11 is 6.45. The molecule has 4 N–H and O–H groups in total. The highest BCUT2D eigenvalue weighted by molar-refractivity contribution is 6.31. The van der Waals surface area contributed by atoms with E-state index in [4.69, 9.17) is 21.1 Å². The highest BCUT2D eigenvalue weighted by Gasteiger charge is 2.44. The van der Waals surface area contributed by atoms with E-state index in [0.717, 1.165) is 29.7 Å². The van der Waals surface area contributed by atoms with E-state index in [-0.39, 0.29) is 0 Å². The molecule has 30 heavy (non-hydrogen) atoms. The second-order valence-corrected chi connectivity index (χ2v) is 8.98. The van der Waals surface area contributed by atoms with Gasteiger partial charge in [-0.3, -0.25) is 0 Å². The van der Waals surface area contributed by atoms with E-state index in [0.29, 0.717) is 29.0 Å². The molecule has 6 nitrogen and oxygen atoms in total. The van der Waals surface area contributed by atoms with Crippen LogP contribution in [0.1, 0.15) is 34.8 Å². The van der Waals surface area contributed by atoms with Crippen molar-refractivity contribution in [2.45, 2.75) is 55.9 Å². The molecule has 7 heteroatoms. The first-order valence-corrected chi connectivity index (χ1v) is 10.7. The van der Waals surface area contributed by atoms with Crippen molar-refractivity contribution in [1.29, 1.82) is 0 Å². The summed E-state index contributed by atoms with van der Waals surface area (Å²) in [5.74, 6) is 1.62. The van der Waals surface area contributed by atoms with Gasteiger partial charge in [0.2, 0.25) is 0 Å². The molecule has 2 aromatic rings. The summed E-state index contributed by atoms with van der Waals surface area (Å²) in [6.07, 6.45) is -2.74. The number of hydrogen-bond donors (Lipinski definition) is 4. The molecule has 2 aliphatic heterocycles. The average molecular weight is 433 g/mol. The van der Waals surface area contributed by atoms with E-state index >= 15 is 0 Å². The van der Waals surface area contributed by atoms with Crippen LogP contribution in [0.25, 0.3) is 0 Å². The molecule has 160 valence electrons. The minimum absolute atomic E-state index is 0.396. The second-order valence-electron chi connectivity index (χ2n) is 8.58. The Kier molecular flexibility index (Phi) is 5.25. The summed E-state index contributed by atoms with van der Waals surface area (Å²) in [6, 6.07) is 11.5. The third kappa shape index (κ3) is 3.62. The molecule has 5 rings (SSSR count). The van der Waals surface area contributed by atoms with Gasteiger partial charge in [0.1, 0.15) is 42.4 Å². The van der Waals surface area contributed by atoms with Crippen molar-refractivity contribution in [3.8, 4) is 5.75 Å². The maximum atomic E-state index is 10.4. The molecule has 0 aromatic heterocycles. The van der Waals surface area contributed by atoms with Crippen LogP contribution in [-0.4, -0.2) is 57.6 Å². The number of rotatable bonds is 4. The summed E-state index contributed by atoms with van der Waals surface area (Å²) in [4.78, 5) is 0. The minimum Gasteiger partial charge on any atom is -0.490 e. The zero-order valence-electron chi connectivity index (χ0n) is 16.3. The first kappa shape index (κ1) is 20.2. The molecule has 1 saturated carbocycles. The number of halogens is 1. The van der Waals surface area contributed by atoms with E-state index < -0.39 is 37.1 Å². The molecule has 7 atom stereocenters. The predicted octanol–water partition coefficient (Wildman–Crippen LogP) is 1.77. The van der Waals surface area contributed by atoms with Crippen molar-refractivity contribution in [3.63, 3.8) is 0 Å². The van der Waals surface area contributed by atoms with E-state index in [9.17, 15) is 20.4 Å². The molecule has 1 saturated heterocycles. The van der Waals surface area contributed by atoms with Crippen LogP contribution in [0, 0.1) is 5.92 Å². The fourth-order valence-electron chi connectivity index (χ4n) is 4.55. The lowest BCUT2D eigenvalue weighted by atomic mass is 9.90. The Labute approximate surface area is 179 Å². The standard InChI is InChI=1S/C23H25ClO6/c24-16-3-2-12(23-22(28)21(27)20(26)19(10-25)30-23)7-13(16)5-11-1-4-17-14(6-11)8-15-9-18(15)29-17/h1-4,6-7,15,18-23,25-28H,5,8-10H2/t15-,18+,19-,20-,21+,22-,23+/m1/s1. The first-order chi connectivity index (χ1) is 14.4. The molecule has 3 aliphatic rings. The largest absolute Gasteiger partial charge is 0.490 e. The van der Waals surface area contributed by atoms with Crippen LogP contribution in [0.2, 0.25) is 5.02 Å². The summed E-state index contributed by atoms with van der Waals surface area (Å²) in [5, 5.41) is 40.6. The lowest BCUT2D eigenvalue weighted by Gasteiger charge is -2.40. The quantitative estimate of drug-likeness (QED) is 0.587. The van der Waals surface area contributed by atoms with Gasteiger partial charge in [-0.15, -0.1) is 0 Å². The van der Waals surface area contributed by atoms with Gasteiger partial charge in [-0.05, 0) is 53.6 Å². The number of ether oxygens (including phenoxy) is 2. The highest BCUT2D eigenvalue weighted by Crippen LogP contribution is 2.44. The van der Waals surface area contributed by atoms with Gasteiger partial charge in [0.05, 0.1) is 6.61 Å². The maximum Gasteiger partial charge on any atom is 0.122 e. The molecule has 2 heterocycles. The molecule has 2 fully saturated rings. The van der Waals surface area contributed by atoms with Crippen molar-refractivity contribution in [3.05, 3.63) is 63.7 Å². The number of benzene rings is 2. The number of fused-ring (bicyclic) bond motifs is 2. The molecule has 0 spiro atoms. The van der Waals surface area contributed by atoms with Gasteiger partial charge >= 0.3 is 0 Å². The predicted molar refractivity (Wildman–Crippen MR) is 110 cm³/mol. The Hall–Kier alpha value is -1.67. The number of hydrogen-bond acceptors (Lipinski definition) is 6. The van der Waals surface area contributed by atoms with Crippen molar-refractivity contribution in [2.24, 2.45) is 5.92 Å². The van der Waals surface area contributed by atoms with Crippen LogP contribution in [0.5, 0.6) is 5.75 Å². The van der Waals surface area contributed by atoms with Gasteiger partial charge in [-0.2, -0.15) is 0 Å². The van der Waals surface area contributed by atoms with Gasteiger partial charge in [0, 0.05) is 10.9 Å². The maximum absolute atomic E-state index is 10.4. The third-order valence-electron chi connectivity index (χ3n) is 6.43. The average Bonchev–Trinajstić information content (AvgIpc) is 3.50. The van der Waals surface area contributed by atoms with Gasteiger partial charge in [-0.1, -0.05) is 35.9 Å². The van der Waals surface area contributed by atoms with Gasteiger partial charge in [0.15, 0.2) is 0 Å². The molecule has 1 aliphatic carbocycles. The molecule has 0 radical (unpaired) electrons. The number of aliphatic hydroxyl groups is 4. The third-order valence-corrected chi connectivity index (χ3v) is 6.80. The van der Waals surface area contributed by atoms with Crippen molar-refractivity contribution >= 4 is 11.6 Å². The Morgan fingerprint density at radius 3 is 2.63 bits per heavy atom. The molecular weight excluding hydrogens is 408 g/mol. The van der Waals surface area contributed by atoms with E-state index in [1.807, 2.05) is 18.2 Å². The van der Waals surface area contributed by atoms with Crippen LogP contribution >= 0.6 is 11.6 Å². The minimum atomic E-state index is -1.41. The molecule has 0 bridgehead atoms. The zero-order chi connectivity index (χ0) is 21.0. The fraction of sp³-hybridized carbons (Fsp3) is 0.478. The Morgan fingerprint density at radius 1 is 1.00 bits per heavy atom. The molecule has 0 amide bonds. The van der Waals surface area contributed by atoms with Gasteiger partial charge < -0.3 is 29.9 Å². The van der Waals surface area contributed by atoms with E-state index in [2.05, 4.69) is 6.07 Å². The molecule has 2 aromatic carbocycles. The van der Waals surface area contributed by atoms with Gasteiger partial charge in [-0.25, -0.2) is 0 Å². The topological polar surface area (TPSA) is 99.4 Å². The van der Waals surface area contributed by atoms with Crippen molar-refractivity contribution < 1.29 is 29.9 Å². The van der Waals surface area contributed by atoms with Crippen LogP contribution in [0.3, 0.4) is 0 Å². The van der Waals surface area contributed by atoms with Crippen LogP contribution in [0.4, 0.5) is 0 Å². The lowest BCUT2D eigenvalue weighted by Crippen LogP contribution is -2.55. The fourth-order valence-corrected chi connectivity index (χ4v) is 4.73.